The minimum Gasteiger partial charge on any atom is -0.493 e. The highest BCUT2D eigenvalue weighted by molar-refractivity contribution is 6.29. The van der Waals surface area contributed by atoms with Gasteiger partial charge in [-0.25, -0.2) is 4.98 Å². The van der Waals surface area contributed by atoms with Crippen molar-refractivity contribution in [1.82, 2.24) is 19.6 Å². The quantitative estimate of drug-likeness (QED) is 0.648. The second-order valence-corrected chi connectivity index (χ2v) is 5.49. The van der Waals surface area contributed by atoms with E-state index in [9.17, 15) is 0 Å². The maximum absolute atomic E-state index is 5.99. The van der Waals surface area contributed by atoms with Gasteiger partial charge in [-0.3, -0.25) is 4.40 Å². The monoisotopic (exact) mass is 300 g/mol. The Hall–Kier alpha value is -2.14. The maximum Gasteiger partial charge on any atom is 0.165 e. The van der Waals surface area contributed by atoms with Crippen molar-refractivity contribution in [1.29, 1.82) is 0 Å². The van der Waals surface area contributed by atoms with Crippen LogP contribution in [0.1, 0.15) is 29.6 Å². The molecule has 0 aliphatic carbocycles. The molecule has 6 heteroatoms. The van der Waals surface area contributed by atoms with Gasteiger partial charge in [0.25, 0.3) is 0 Å². The fourth-order valence-electron chi connectivity index (χ4n) is 2.91. The van der Waals surface area contributed by atoms with Crippen LogP contribution in [0.5, 0.6) is 5.75 Å². The third-order valence-corrected chi connectivity index (χ3v) is 4.02. The summed E-state index contributed by atoms with van der Waals surface area (Å²) >= 11 is 5.99. The van der Waals surface area contributed by atoms with Gasteiger partial charge in [-0.05, 0) is 19.4 Å². The number of aryl methyl sites for hydroxylation is 1. The molecule has 2 aromatic heterocycles. The van der Waals surface area contributed by atoms with Crippen LogP contribution in [0.2, 0.25) is 5.15 Å². The lowest BCUT2D eigenvalue weighted by Gasteiger charge is -2.24. The molecular weight excluding hydrogens is 288 g/mol. The highest BCUT2D eigenvalue weighted by Gasteiger charge is 2.27. The van der Waals surface area contributed by atoms with Gasteiger partial charge in [0.05, 0.1) is 12.5 Å². The summed E-state index contributed by atoms with van der Waals surface area (Å²) in [7, 11) is 0. The van der Waals surface area contributed by atoms with Gasteiger partial charge in [0.2, 0.25) is 0 Å². The van der Waals surface area contributed by atoms with Crippen molar-refractivity contribution in [2.24, 2.45) is 0 Å². The summed E-state index contributed by atoms with van der Waals surface area (Å²) < 4.78 is 7.69. The standard InChI is InChI=1S/C15H13ClN4O/c1-9-17-13(16)8-14-18-19-15(20(9)14)11-6-7-21-12-5-3-2-4-10(11)12/h2-5,8,11H,6-7H2,1H3. The second-order valence-electron chi connectivity index (χ2n) is 5.11. The minimum atomic E-state index is 0.159. The van der Waals surface area contributed by atoms with E-state index in [0.717, 1.165) is 35.0 Å². The molecule has 0 saturated heterocycles. The average Bonchev–Trinajstić information content (AvgIpc) is 2.90. The minimum absolute atomic E-state index is 0.159. The number of rotatable bonds is 1. The van der Waals surface area contributed by atoms with Crippen LogP contribution in [0, 0.1) is 6.92 Å². The van der Waals surface area contributed by atoms with Crippen molar-refractivity contribution in [3.8, 4) is 5.75 Å². The van der Waals surface area contributed by atoms with E-state index >= 15 is 0 Å². The van der Waals surface area contributed by atoms with Crippen LogP contribution in [0.15, 0.2) is 30.3 Å². The number of hydrogen-bond acceptors (Lipinski definition) is 4. The van der Waals surface area contributed by atoms with Crippen LogP contribution in [0.3, 0.4) is 0 Å². The van der Waals surface area contributed by atoms with Crippen LogP contribution >= 0.6 is 11.6 Å². The van der Waals surface area contributed by atoms with E-state index in [0.29, 0.717) is 11.8 Å². The lowest BCUT2D eigenvalue weighted by atomic mass is 9.92. The van der Waals surface area contributed by atoms with Crippen molar-refractivity contribution in [2.45, 2.75) is 19.3 Å². The van der Waals surface area contributed by atoms with Crippen LogP contribution in [0.25, 0.3) is 5.65 Å². The number of ether oxygens (including phenoxy) is 1. The van der Waals surface area contributed by atoms with E-state index < -0.39 is 0 Å². The lowest BCUT2D eigenvalue weighted by molar-refractivity contribution is 0.274. The molecule has 0 amide bonds. The third kappa shape index (κ3) is 1.96. The lowest BCUT2D eigenvalue weighted by Crippen LogP contribution is -2.18. The fourth-order valence-corrected chi connectivity index (χ4v) is 3.13. The average molecular weight is 301 g/mol. The van der Waals surface area contributed by atoms with Crippen LogP contribution in [-0.2, 0) is 0 Å². The van der Waals surface area contributed by atoms with E-state index in [1.54, 1.807) is 6.07 Å². The highest BCUT2D eigenvalue weighted by Crippen LogP contribution is 2.37. The summed E-state index contributed by atoms with van der Waals surface area (Å²) in [4.78, 5) is 4.30. The number of para-hydroxylation sites is 1. The Morgan fingerprint density at radius 3 is 3.05 bits per heavy atom. The fraction of sp³-hybridized carbons (Fsp3) is 0.267. The Morgan fingerprint density at radius 2 is 2.14 bits per heavy atom. The smallest absolute Gasteiger partial charge is 0.165 e. The van der Waals surface area contributed by atoms with Crippen molar-refractivity contribution >= 4 is 17.2 Å². The largest absolute Gasteiger partial charge is 0.493 e. The van der Waals surface area contributed by atoms with Crippen molar-refractivity contribution in [3.05, 3.63) is 52.7 Å². The Kier molecular flexibility index (Phi) is 2.82. The van der Waals surface area contributed by atoms with Gasteiger partial charge in [-0.1, -0.05) is 29.8 Å². The molecular formula is C15H13ClN4O. The Bertz CT molecular complexity index is 830. The molecule has 21 heavy (non-hydrogen) atoms. The van der Waals surface area contributed by atoms with Gasteiger partial charge in [-0.15, -0.1) is 10.2 Å². The summed E-state index contributed by atoms with van der Waals surface area (Å²) in [6.45, 7) is 2.59. The molecule has 0 radical (unpaired) electrons. The first-order valence-corrected chi connectivity index (χ1v) is 7.22. The molecule has 106 valence electrons. The van der Waals surface area contributed by atoms with E-state index in [-0.39, 0.29) is 5.92 Å². The number of hydrogen-bond donors (Lipinski definition) is 0. The topological polar surface area (TPSA) is 52.3 Å². The molecule has 3 aromatic rings. The first-order chi connectivity index (χ1) is 10.2. The Labute approximate surface area is 126 Å². The van der Waals surface area contributed by atoms with E-state index in [2.05, 4.69) is 21.2 Å². The number of fused-ring (bicyclic) bond motifs is 2. The van der Waals surface area contributed by atoms with E-state index in [4.69, 9.17) is 16.3 Å². The SMILES string of the molecule is Cc1nc(Cl)cc2nnc(C3CCOc4ccccc43)n12. The predicted octanol–water partition coefficient (Wildman–Crippen LogP) is 3.00. The Morgan fingerprint density at radius 1 is 1.29 bits per heavy atom. The molecule has 1 aliphatic rings. The van der Waals surface area contributed by atoms with Crippen LogP contribution < -0.4 is 4.74 Å². The molecule has 1 atom stereocenters. The predicted molar refractivity (Wildman–Crippen MR) is 78.9 cm³/mol. The first kappa shape index (κ1) is 12.6. The molecule has 5 nitrogen and oxygen atoms in total. The van der Waals surface area contributed by atoms with E-state index in [1.165, 1.54) is 0 Å². The highest BCUT2D eigenvalue weighted by atomic mass is 35.5. The zero-order valence-electron chi connectivity index (χ0n) is 11.5. The van der Waals surface area contributed by atoms with Gasteiger partial charge < -0.3 is 4.74 Å². The zero-order chi connectivity index (χ0) is 14.4. The van der Waals surface area contributed by atoms with Gasteiger partial charge in [0.1, 0.15) is 22.6 Å². The van der Waals surface area contributed by atoms with Crippen molar-refractivity contribution in [2.75, 3.05) is 6.61 Å². The van der Waals surface area contributed by atoms with Gasteiger partial charge in [0, 0.05) is 11.6 Å². The van der Waals surface area contributed by atoms with Crippen LogP contribution in [0.4, 0.5) is 0 Å². The molecule has 0 N–H and O–H groups in total. The molecule has 1 aromatic carbocycles. The first-order valence-electron chi connectivity index (χ1n) is 6.84. The number of halogens is 1. The molecule has 0 saturated carbocycles. The number of benzene rings is 1. The van der Waals surface area contributed by atoms with Gasteiger partial charge >= 0.3 is 0 Å². The summed E-state index contributed by atoms with van der Waals surface area (Å²) in [5.74, 6) is 2.76. The second kappa shape index (κ2) is 4.70. The third-order valence-electron chi connectivity index (χ3n) is 3.82. The Balaban J connectivity index is 1.92. The van der Waals surface area contributed by atoms with Gasteiger partial charge in [-0.2, -0.15) is 0 Å². The normalized spacial score (nSPS) is 17.5. The molecule has 3 heterocycles. The van der Waals surface area contributed by atoms with Crippen molar-refractivity contribution in [3.63, 3.8) is 0 Å². The molecule has 1 unspecified atom stereocenters. The van der Waals surface area contributed by atoms with Gasteiger partial charge in [0.15, 0.2) is 5.65 Å². The molecule has 4 rings (SSSR count). The number of nitrogens with zero attached hydrogens (tertiary/aromatic N) is 4. The zero-order valence-corrected chi connectivity index (χ0v) is 12.2. The summed E-state index contributed by atoms with van der Waals surface area (Å²) in [6, 6.07) is 9.81. The number of aromatic nitrogens is 4. The maximum atomic E-state index is 5.99. The summed E-state index contributed by atoms with van der Waals surface area (Å²) in [6.07, 6.45) is 0.875. The van der Waals surface area contributed by atoms with Crippen molar-refractivity contribution < 1.29 is 4.74 Å². The molecule has 0 bridgehead atoms. The summed E-state index contributed by atoms with van der Waals surface area (Å²) in [5, 5.41) is 9.05. The van der Waals surface area contributed by atoms with E-state index in [1.807, 2.05) is 29.5 Å². The molecule has 0 spiro atoms. The van der Waals surface area contributed by atoms with Crippen LogP contribution in [-0.4, -0.2) is 26.2 Å². The molecule has 1 aliphatic heterocycles. The molecule has 0 fully saturated rings. The summed E-state index contributed by atoms with van der Waals surface area (Å²) in [5.41, 5.74) is 1.87.